The molecule has 3 N–H and O–H groups in total. The number of carbonyl (C=O) groups is 1. The van der Waals surface area contributed by atoms with Crippen LogP contribution in [0.15, 0.2) is 17.9 Å². The summed E-state index contributed by atoms with van der Waals surface area (Å²) in [6.45, 7) is 0.583. The summed E-state index contributed by atoms with van der Waals surface area (Å²) in [5, 5.41) is 16.4. The second-order valence-corrected chi connectivity index (χ2v) is 4.49. The molecular weight excluding hydrogens is 242 g/mol. The molecule has 0 aliphatic rings. The lowest BCUT2D eigenvalue weighted by Gasteiger charge is -2.01. The Morgan fingerprint density at radius 1 is 1.65 bits per heavy atom. The van der Waals surface area contributed by atoms with Gasteiger partial charge in [-0.15, -0.1) is 16.4 Å². The molecule has 1 unspecified atom stereocenters. The van der Waals surface area contributed by atoms with Crippen molar-refractivity contribution in [2.75, 3.05) is 0 Å². The van der Waals surface area contributed by atoms with Crippen LogP contribution in [-0.4, -0.2) is 37.1 Å². The Balaban J connectivity index is 1.98. The zero-order valence-electron chi connectivity index (χ0n) is 8.85. The molecule has 0 radical (unpaired) electrons. The summed E-state index contributed by atoms with van der Waals surface area (Å²) in [6.07, 6.45) is 3.63. The van der Waals surface area contributed by atoms with Crippen molar-refractivity contribution in [1.82, 2.24) is 20.0 Å². The Morgan fingerprint density at radius 2 is 2.47 bits per heavy atom. The van der Waals surface area contributed by atoms with E-state index < -0.39 is 12.0 Å². The van der Waals surface area contributed by atoms with Crippen LogP contribution >= 0.6 is 11.3 Å². The molecule has 0 saturated heterocycles. The number of aliphatic carboxylic acids is 1. The van der Waals surface area contributed by atoms with Crippen LogP contribution in [0.1, 0.15) is 10.6 Å². The number of hydrogen-bond acceptors (Lipinski definition) is 6. The quantitative estimate of drug-likeness (QED) is 0.760. The lowest BCUT2D eigenvalue weighted by Crippen LogP contribution is -2.32. The molecule has 0 amide bonds. The van der Waals surface area contributed by atoms with Gasteiger partial charge in [-0.05, 0) is 0 Å². The number of rotatable bonds is 5. The van der Waals surface area contributed by atoms with Gasteiger partial charge in [0.05, 0.1) is 17.7 Å². The van der Waals surface area contributed by atoms with Gasteiger partial charge in [0.15, 0.2) is 0 Å². The van der Waals surface area contributed by atoms with Gasteiger partial charge in [0.1, 0.15) is 6.04 Å². The van der Waals surface area contributed by atoms with Gasteiger partial charge in [0.25, 0.3) is 0 Å². The molecule has 1 atom stereocenters. The van der Waals surface area contributed by atoms with E-state index in [1.807, 2.05) is 0 Å². The van der Waals surface area contributed by atoms with E-state index in [0.717, 1.165) is 4.88 Å². The van der Waals surface area contributed by atoms with Crippen LogP contribution < -0.4 is 5.73 Å². The molecular formula is C9H11N5O2S. The topological polar surface area (TPSA) is 107 Å². The average Bonchev–Trinajstić information content (AvgIpc) is 2.91. The first-order chi connectivity index (χ1) is 8.15. The molecule has 0 aromatic carbocycles. The van der Waals surface area contributed by atoms with Gasteiger partial charge >= 0.3 is 5.97 Å². The SMILES string of the molecule is NC(Cc1cn(Cc2cncs2)nn1)C(=O)O. The predicted molar refractivity (Wildman–Crippen MR) is 60.6 cm³/mol. The molecule has 0 saturated carbocycles. The van der Waals surface area contributed by atoms with Crippen molar-refractivity contribution in [1.29, 1.82) is 0 Å². The van der Waals surface area contributed by atoms with Crippen molar-refractivity contribution in [3.05, 3.63) is 28.5 Å². The molecule has 2 aromatic rings. The number of hydrogen-bond donors (Lipinski definition) is 2. The third-order valence-corrected chi connectivity index (χ3v) is 2.90. The van der Waals surface area contributed by atoms with E-state index in [4.69, 9.17) is 10.8 Å². The van der Waals surface area contributed by atoms with Crippen molar-refractivity contribution < 1.29 is 9.90 Å². The molecule has 2 rings (SSSR count). The Kier molecular flexibility index (Phi) is 3.45. The molecule has 0 bridgehead atoms. The van der Waals surface area contributed by atoms with Crippen molar-refractivity contribution in [3.8, 4) is 0 Å². The van der Waals surface area contributed by atoms with Crippen LogP contribution in [0.25, 0.3) is 0 Å². The Labute approximate surface area is 101 Å². The lowest BCUT2D eigenvalue weighted by molar-refractivity contribution is -0.138. The van der Waals surface area contributed by atoms with Gasteiger partial charge in [-0.1, -0.05) is 5.21 Å². The Hall–Kier alpha value is -1.80. The van der Waals surface area contributed by atoms with E-state index in [9.17, 15) is 4.79 Å². The summed E-state index contributed by atoms with van der Waals surface area (Å²) >= 11 is 1.53. The fraction of sp³-hybridized carbons (Fsp3) is 0.333. The first-order valence-corrected chi connectivity index (χ1v) is 5.78. The van der Waals surface area contributed by atoms with Crippen LogP contribution in [0.2, 0.25) is 0 Å². The highest BCUT2D eigenvalue weighted by Gasteiger charge is 2.14. The average molecular weight is 253 g/mol. The van der Waals surface area contributed by atoms with E-state index in [-0.39, 0.29) is 6.42 Å². The highest BCUT2D eigenvalue weighted by molar-refractivity contribution is 7.09. The van der Waals surface area contributed by atoms with E-state index in [2.05, 4.69) is 15.3 Å². The Morgan fingerprint density at radius 3 is 3.12 bits per heavy atom. The number of carboxylic acids is 1. The summed E-state index contributed by atoms with van der Waals surface area (Å²) in [4.78, 5) is 15.6. The van der Waals surface area contributed by atoms with E-state index in [1.165, 1.54) is 11.3 Å². The minimum absolute atomic E-state index is 0.179. The molecule has 2 heterocycles. The van der Waals surface area contributed by atoms with Gasteiger partial charge in [-0.3, -0.25) is 9.78 Å². The highest BCUT2D eigenvalue weighted by Crippen LogP contribution is 2.07. The molecule has 2 aromatic heterocycles. The number of carboxylic acid groups (broad SMARTS) is 1. The fourth-order valence-corrected chi connectivity index (χ4v) is 1.89. The smallest absolute Gasteiger partial charge is 0.320 e. The van der Waals surface area contributed by atoms with Crippen molar-refractivity contribution in [2.45, 2.75) is 19.0 Å². The van der Waals surface area contributed by atoms with Crippen LogP contribution in [0.3, 0.4) is 0 Å². The van der Waals surface area contributed by atoms with Crippen LogP contribution in [-0.2, 0) is 17.8 Å². The monoisotopic (exact) mass is 253 g/mol. The van der Waals surface area contributed by atoms with Gasteiger partial charge in [0, 0.05) is 23.7 Å². The molecule has 0 fully saturated rings. The van der Waals surface area contributed by atoms with Crippen molar-refractivity contribution in [2.24, 2.45) is 5.73 Å². The van der Waals surface area contributed by atoms with Crippen molar-refractivity contribution in [3.63, 3.8) is 0 Å². The minimum Gasteiger partial charge on any atom is -0.480 e. The minimum atomic E-state index is -1.04. The number of aromatic nitrogens is 4. The third kappa shape index (κ3) is 3.08. The van der Waals surface area contributed by atoms with Gasteiger partial charge in [-0.25, -0.2) is 4.68 Å². The number of nitrogens with zero attached hydrogens (tertiary/aromatic N) is 4. The molecule has 0 aliphatic carbocycles. The maximum Gasteiger partial charge on any atom is 0.320 e. The standard InChI is InChI=1S/C9H11N5O2S/c10-8(9(15)16)1-6-3-14(13-12-6)4-7-2-11-5-17-7/h2-3,5,8H,1,4,10H2,(H,15,16). The molecule has 90 valence electrons. The zero-order valence-corrected chi connectivity index (χ0v) is 9.67. The lowest BCUT2D eigenvalue weighted by atomic mass is 10.2. The van der Waals surface area contributed by atoms with Gasteiger partial charge in [0.2, 0.25) is 0 Å². The maximum atomic E-state index is 10.6. The van der Waals surface area contributed by atoms with Crippen LogP contribution in [0.4, 0.5) is 0 Å². The first-order valence-electron chi connectivity index (χ1n) is 4.90. The predicted octanol–water partition coefficient (Wildman–Crippen LogP) is -0.263. The molecule has 0 aliphatic heterocycles. The van der Waals surface area contributed by atoms with Gasteiger partial charge in [-0.2, -0.15) is 0 Å². The van der Waals surface area contributed by atoms with E-state index >= 15 is 0 Å². The summed E-state index contributed by atoms with van der Waals surface area (Å²) in [6, 6.07) is -0.941. The zero-order chi connectivity index (χ0) is 12.3. The van der Waals surface area contributed by atoms with Crippen LogP contribution in [0.5, 0.6) is 0 Å². The maximum absolute atomic E-state index is 10.6. The van der Waals surface area contributed by atoms with Crippen molar-refractivity contribution >= 4 is 17.3 Å². The summed E-state index contributed by atoms with van der Waals surface area (Å²) in [7, 11) is 0. The number of thiazole rings is 1. The second-order valence-electron chi connectivity index (χ2n) is 3.52. The molecule has 17 heavy (non-hydrogen) atoms. The summed E-state index contributed by atoms with van der Waals surface area (Å²) < 4.78 is 1.64. The third-order valence-electron chi connectivity index (χ3n) is 2.13. The summed E-state index contributed by atoms with van der Waals surface area (Å²) in [5.41, 5.74) is 7.73. The van der Waals surface area contributed by atoms with Gasteiger partial charge < -0.3 is 10.8 Å². The molecule has 8 heteroatoms. The molecule has 7 nitrogen and oxygen atoms in total. The van der Waals surface area contributed by atoms with E-state index in [1.54, 1.807) is 22.6 Å². The second kappa shape index (κ2) is 5.02. The van der Waals surface area contributed by atoms with E-state index in [0.29, 0.717) is 12.2 Å². The highest BCUT2D eigenvalue weighted by atomic mass is 32.1. The molecule has 0 spiro atoms. The Bertz CT molecular complexity index is 495. The fourth-order valence-electron chi connectivity index (χ4n) is 1.30. The largest absolute Gasteiger partial charge is 0.480 e. The van der Waals surface area contributed by atoms with Crippen LogP contribution in [0, 0.1) is 0 Å². The number of nitrogens with two attached hydrogens (primary N) is 1. The summed E-state index contributed by atoms with van der Waals surface area (Å²) in [5.74, 6) is -1.04. The normalized spacial score (nSPS) is 12.5. The first kappa shape index (κ1) is 11.7.